The van der Waals surface area contributed by atoms with Crippen molar-refractivity contribution in [1.29, 1.82) is 0 Å². The molecule has 6 heteroatoms. The van der Waals surface area contributed by atoms with E-state index in [1.807, 2.05) is 39.0 Å². The maximum absolute atomic E-state index is 12.9. The summed E-state index contributed by atoms with van der Waals surface area (Å²) in [5.74, 6) is -1.31. The highest BCUT2D eigenvalue weighted by molar-refractivity contribution is 7.19. The highest BCUT2D eigenvalue weighted by Crippen LogP contribution is 2.36. The number of hydrogen-bond donors (Lipinski definition) is 0. The Kier molecular flexibility index (Phi) is 4.01. The van der Waals surface area contributed by atoms with Gasteiger partial charge in [0.2, 0.25) is 0 Å². The van der Waals surface area contributed by atoms with E-state index in [1.165, 1.54) is 30.2 Å². The number of carbonyl (C=O) groups is 1. The first-order chi connectivity index (χ1) is 11.3. The summed E-state index contributed by atoms with van der Waals surface area (Å²) in [5, 5.41) is 11.6. The summed E-state index contributed by atoms with van der Waals surface area (Å²) >= 11 is 1.44. The van der Waals surface area contributed by atoms with Crippen molar-refractivity contribution in [2.24, 2.45) is 0 Å². The van der Waals surface area contributed by atoms with Gasteiger partial charge >= 0.3 is 0 Å². The van der Waals surface area contributed by atoms with Crippen LogP contribution in [0.2, 0.25) is 0 Å². The molecule has 0 fully saturated rings. The summed E-state index contributed by atoms with van der Waals surface area (Å²) < 4.78 is 1.12. The third kappa shape index (κ3) is 2.53. The van der Waals surface area contributed by atoms with Gasteiger partial charge in [0.05, 0.1) is 23.7 Å². The summed E-state index contributed by atoms with van der Waals surface area (Å²) in [5.41, 5.74) is 3.74. The number of carbonyl (C=O) groups excluding carboxylic acids is 1. The molecule has 0 aliphatic rings. The molecule has 124 valence electrons. The minimum atomic E-state index is -1.31. The van der Waals surface area contributed by atoms with Gasteiger partial charge in [0.15, 0.2) is 0 Å². The highest BCUT2D eigenvalue weighted by Gasteiger charge is 2.19. The molecule has 24 heavy (non-hydrogen) atoms. The molecule has 1 aromatic carbocycles. The number of carboxylic acids is 1. The van der Waals surface area contributed by atoms with Crippen molar-refractivity contribution in [3.05, 3.63) is 50.9 Å². The second-order valence-corrected chi connectivity index (χ2v) is 7.17. The smallest absolute Gasteiger partial charge is 0.263 e. The molecule has 3 rings (SSSR count). The highest BCUT2D eigenvalue weighted by atomic mass is 32.1. The van der Waals surface area contributed by atoms with Crippen LogP contribution in [0.25, 0.3) is 21.3 Å². The second kappa shape index (κ2) is 5.87. The van der Waals surface area contributed by atoms with E-state index in [0.29, 0.717) is 10.2 Å². The van der Waals surface area contributed by atoms with Gasteiger partial charge in [-0.1, -0.05) is 18.2 Å². The minimum absolute atomic E-state index is 0.353. The lowest BCUT2D eigenvalue weighted by atomic mass is 9.99. The maximum atomic E-state index is 12.9. The van der Waals surface area contributed by atoms with Crippen molar-refractivity contribution in [2.75, 3.05) is 0 Å². The van der Waals surface area contributed by atoms with Gasteiger partial charge in [-0.3, -0.25) is 9.36 Å². The SMILES string of the molecule is Cc1ccc(-c2c(C)sc3ncn(C(C)C(=O)[O-])c(=O)c23)cc1C. The Morgan fingerprint density at radius 2 is 1.96 bits per heavy atom. The van der Waals surface area contributed by atoms with E-state index < -0.39 is 12.0 Å². The Morgan fingerprint density at radius 1 is 1.25 bits per heavy atom. The summed E-state index contributed by atoms with van der Waals surface area (Å²) in [4.78, 5) is 29.9. The van der Waals surface area contributed by atoms with E-state index in [4.69, 9.17) is 0 Å². The van der Waals surface area contributed by atoms with E-state index in [0.717, 1.165) is 26.1 Å². The van der Waals surface area contributed by atoms with Gasteiger partial charge in [0, 0.05) is 10.4 Å². The first kappa shape index (κ1) is 16.4. The lowest BCUT2D eigenvalue weighted by molar-refractivity contribution is -0.309. The molecule has 5 nitrogen and oxygen atoms in total. The molecule has 2 aromatic heterocycles. The molecule has 0 aliphatic carbocycles. The van der Waals surface area contributed by atoms with Crippen molar-refractivity contribution < 1.29 is 9.90 Å². The molecule has 0 N–H and O–H groups in total. The molecule has 3 aromatic rings. The van der Waals surface area contributed by atoms with Gasteiger partial charge in [-0.25, -0.2) is 4.98 Å². The Balaban J connectivity index is 2.34. The standard InChI is InChI=1S/C18H18N2O3S/c1-9-5-6-13(7-10(9)2)14-12(4)24-16-15(14)17(21)20(8-19-16)11(3)18(22)23/h5-8,11H,1-4H3,(H,22,23)/p-1. The van der Waals surface area contributed by atoms with Crippen LogP contribution < -0.4 is 10.7 Å². The number of aromatic nitrogens is 2. The van der Waals surface area contributed by atoms with Gasteiger partial charge in [0.1, 0.15) is 4.83 Å². The molecule has 0 amide bonds. The van der Waals surface area contributed by atoms with Crippen LogP contribution in [0.5, 0.6) is 0 Å². The molecule has 1 atom stereocenters. The van der Waals surface area contributed by atoms with Crippen LogP contribution in [0.1, 0.15) is 29.0 Å². The predicted octanol–water partition coefficient (Wildman–Crippen LogP) is 2.36. The first-order valence-corrected chi connectivity index (χ1v) is 8.41. The van der Waals surface area contributed by atoms with Gasteiger partial charge in [0.25, 0.3) is 5.56 Å². The van der Waals surface area contributed by atoms with E-state index in [1.54, 1.807) is 0 Å². The van der Waals surface area contributed by atoms with Gasteiger partial charge in [-0.15, -0.1) is 11.3 Å². The van der Waals surface area contributed by atoms with Crippen molar-refractivity contribution in [3.8, 4) is 11.1 Å². The first-order valence-electron chi connectivity index (χ1n) is 7.60. The fourth-order valence-corrected chi connectivity index (χ4v) is 3.75. The molecule has 2 heterocycles. The van der Waals surface area contributed by atoms with Crippen molar-refractivity contribution in [2.45, 2.75) is 33.7 Å². The largest absolute Gasteiger partial charge is 0.548 e. The number of rotatable bonds is 3. The molecule has 0 saturated carbocycles. The van der Waals surface area contributed by atoms with E-state index in [2.05, 4.69) is 4.98 Å². The number of nitrogens with zero attached hydrogens (tertiary/aromatic N) is 2. The number of aliphatic carboxylic acids is 1. The third-order valence-electron chi connectivity index (χ3n) is 4.37. The average Bonchev–Trinajstić information content (AvgIpc) is 2.87. The number of aryl methyl sites for hydroxylation is 3. The van der Waals surface area contributed by atoms with Gasteiger partial charge < -0.3 is 9.90 Å². The van der Waals surface area contributed by atoms with E-state index in [9.17, 15) is 14.7 Å². The van der Waals surface area contributed by atoms with Crippen molar-refractivity contribution in [1.82, 2.24) is 9.55 Å². The van der Waals surface area contributed by atoms with Crippen molar-refractivity contribution >= 4 is 27.5 Å². The topological polar surface area (TPSA) is 75.0 Å². The van der Waals surface area contributed by atoms with E-state index >= 15 is 0 Å². The summed E-state index contributed by atoms with van der Waals surface area (Å²) in [6, 6.07) is 4.98. The van der Waals surface area contributed by atoms with Crippen LogP contribution in [0, 0.1) is 20.8 Å². The minimum Gasteiger partial charge on any atom is -0.548 e. The maximum Gasteiger partial charge on any atom is 0.263 e. The third-order valence-corrected chi connectivity index (χ3v) is 5.38. The molecule has 0 radical (unpaired) electrons. The number of carboxylic acid groups (broad SMARTS) is 1. The average molecular weight is 341 g/mol. The zero-order chi connectivity index (χ0) is 17.6. The molecule has 1 unspecified atom stereocenters. The lowest BCUT2D eigenvalue weighted by Crippen LogP contribution is -2.36. The molecule has 0 bridgehead atoms. The molecule has 0 aliphatic heterocycles. The van der Waals surface area contributed by atoms with Crippen LogP contribution in [-0.2, 0) is 4.79 Å². The van der Waals surface area contributed by atoms with Crippen LogP contribution >= 0.6 is 11.3 Å². The fourth-order valence-electron chi connectivity index (χ4n) is 2.75. The fraction of sp³-hybridized carbons (Fsp3) is 0.278. The van der Waals surface area contributed by atoms with Crippen LogP contribution in [-0.4, -0.2) is 15.5 Å². The van der Waals surface area contributed by atoms with Crippen LogP contribution in [0.3, 0.4) is 0 Å². The van der Waals surface area contributed by atoms with Crippen molar-refractivity contribution in [3.63, 3.8) is 0 Å². The number of benzene rings is 1. The lowest BCUT2D eigenvalue weighted by Gasteiger charge is -2.15. The van der Waals surface area contributed by atoms with Gasteiger partial charge in [-0.2, -0.15) is 0 Å². The Morgan fingerprint density at radius 3 is 2.58 bits per heavy atom. The summed E-state index contributed by atoms with van der Waals surface area (Å²) in [6.45, 7) is 7.42. The quantitative estimate of drug-likeness (QED) is 0.733. The zero-order valence-electron chi connectivity index (χ0n) is 13.9. The molecular weight excluding hydrogens is 324 g/mol. The van der Waals surface area contributed by atoms with Gasteiger partial charge in [-0.05, 0) is 44.4 Å². The molecule has 0 spiro atoms. The Hall–Kier alpha value is -2.47. The van der Waals surface area contributed by atoms with Crippen LogP contribution in [0.15, 0.2) is 29.3 Å². The Labute approximate surface area is 143 Å². The normalized spacial score (nSPS) is 12.5. The number of hydrogen-bond acceptors (Lipinski definition) is 5. The number of thiophene rings is 1. The molecule has 0 saturated heterocycles. The summed E-state index contributed by atoms with van der Waals surface area (Å²) in [6.07, 6.45) is 1.28. The Bertz CT molecular complexity index is 1020. The summed E-state index contributed by atoms with van der Waals surface area (Å²) in [7, 11) is 0. The van der Waals surface area contributed by atoms with Crippen LogP contribution in [0.4, 0.5) is 0 Å². The number of fused-ring (bicyclic) bond motifs is 1. The van der Waals surface area contributed by atoms with E-state index in [-0.39, 0.29) is 5.56 Å². The monoisotopic (exact) mass is 341 g/mol. The molecular formula is C18H17N2O3S-. The predicted molar refractivity (Wildman–Crippen MR) is 93.2 cm³/mol. The second-order valence-electron chi connectivity index (χ2n) is 5.96. The zero-order valence-corrected chi connectivity index (χ0v) is 14.7.